The first kappa shape index (κ1) is 21.1. The molecule has 0 aliphatic rings. The maximum absolute atomic E-state index is 2.46. The molecule has 3 aromatic heterocycles. The molecule has 0 fully saturated rings. The lowest BCUT2D eigenvalue weighted by molar-refractivity contribution is 1.17. The van der Waals surface area contributed by atoms with Gasteiger partial charge >= 0.3 is 0 Å². The van der Waals surface area contributed by atoms with E-state index in [1.807, 2.05) is 11.3 Å². The fourth-order valence-corrected chi connectivity index (χ4v) is 7.60. The summed E-state index contributed by atoms with van der Waals surface area (Å²) in [5.74, 6) is 0. The van der Waals surface area contributed by atoms with E-state index < -0.39 is 0 Å². The summed E-state index contributed by atoms with van der Waals surface area (Å²) in [5.41, 5.74) is 7.38. The van der Waals surface area contributed by atoms with Gasteiger partial charge in [0.1, 0.15) is 0 Å². The van der Waals surface area contributed by atoms with Crippen LogP contribution >= 0.6 is 11.3 Å². The molecule has 0 aliphatic heterocycles. The van der Waals surface area contributed by atoms with Crippen LogP contribution in [0.2, 0.25) is 0 Å². The number of rotatable bonds is 2. The van der Waals surface area contributed by atoms with Crippen molar-refractivity contribution < 1.29 is 0 Å². The normalized spacial score (nSPS) is 12.1. The molecular weight excluding hydrogens is 492 g/mol. The highest BCUT2D eigenvalue weighted by molar-refractivity contribution is 7.26. The standard InChI is InChI=1S/C36H22N2S/c1-2-10-24-21-25(18-17-23(24)9-1)37-31-14-6-3-11-27(31)30-22-26(19-20-33(30)37)38-32-15-7-4-12-28(32)36-35(38)29-13-5-8-16-34(29)39-36/h1-22H. The molecule has 182 valence electrons. The minimum atomic E-state index is 1.19. The topological polar surface area (TPSA) is 9.86 Å². The zero-order valence-electron chi connectivity index (χ0n) is 21.0. The van der Waals surface area contributed by atoms with Gasteiger partial charge in [0.25, 0.3) is 0 Å². The monoisotopic (exact) mass is 514 g/mol. The highest BCUT2D eigenvalue weighted by atomic mass is 32.1. The van der Waals surface area contributed by atoms with Crippen molar-refractivity contribution in [3.8, 4) is 11.4 Å². The molecule has 3 heteroatoms. The van der Waals surface area contributed by atoms with Crippen molar-refractivity contribution in [3.63, 3.8) is 0 Å². The van der Waals surface area contributed by atoms with E-state index in [-0.39, 0.29) is 0 Å². The van der Waals surface area contributed by atoms with Gasteiger partial charge in [-0.2, -0.15) is 0 Å². The Morgan fingerprint density at radius 3 is 1.90 bits per heavy atom. The zero-order chi connectivity index (χ0) is 25.5. The molecule has 0 amide bonds. The fourth-order valence-electron chi connectivity index (χ4n) is 6.38. The Kier molecular flexibility index (Phi) is 4.24. The summed E-state index contributed by atoms with van der Waals surface area (Å²) in [7, 11) is 0. The number of thiophene rings is 1. The van der Waals surface area contributed by atoms with Crippen LogP contribution in [0.3, 0.4) is 0 Å². The summed E-state index contributed by atoms with van der Waals surface area (Å²) >= 11 is 1.89. The summed E-state index contributed by atoms with van der Waals surface area (Å²) in [6, 6.07) is 48.7. The molecule has 2 nitrogen and oxygen atoms in total. The predicted molar refractivity (Wildman–Crippen MR) is 168 cm³/mol. The average molecular weight is 515 g/mol. The van der Waals surface area contributed by atoms with Crippen molar-refractivity contribution >= 4 is 75.1 Å². The highest BCUT2D eigenvalue weighted by Gasteiger charge is 2.19. The van der Waals surface area contributed by atoms with Crippen LogP contribution in [0.5, 0.6) is 0 Å². The van der Waals surface area contributed by atoms with E-state index in [1.165, 1.54) is 75.2 Å². The first-order valence-corrected chi connectivity index (χ1v) is 14.1. The van der Waals surface area contributed by atoms with Gasteiger partial charge < -0.3 is 9.13 Å². The van der Waals surface area contributed by atoms with Crippen LogP contribution in [0, 0.1) is 0 Å². The van der Waals surface area contributed by atoms with E-state index >= 15 is 0 Å². The summed E-state index contributed by atoms with van der Waals surface area (Å²) in [5, 5.41) is 7.67. The van der Waals surface area contributed by atoms with Gasteiger partial charge in [0.2, 0.25) is 0 Å². The predicted octanol–water partition coefficient (Wildman–Crippen LogP) is 10.2. The maximum atomic E-state index is 2.46. The van der Waals surface area contributed by atoms with Crippen molar-refractivity contribution in [2.75, 3.05) is 0 Å². The molecule has 6 aromatic carbocycles. The Morgan fingerprint density at radius 2 is 1.03 bits per heavy atom. The molecule has 0 radical (unpaired) electrons. The van der Waals surface area contributed by atoms with E-state index in [0.717, 1.165) is 0 Å². The van der Waals surface area contributed by atoms with Crippen LogP contribution in [-0.4, -0.2) is 9.13 Å². The molecule has 9 rings (SSSR count). The Balaban J connectivity index is 1.37. The van der Waals surface area contributed by atoms with Gasteiger partial charge in [0.15, 0.2) is 0 Å². The van der Waals surface area contributed by atoms with Gasteiger partial charge in [-0.3, -0.25) is 0 Å². The molecule has 39 heavy (non-hydrogen) atoms. The average Bonchev–Trinajstić information content (AvgIpc) is 3.64. The lowest BCUT2D eigenvalue weighted by atomic mass is 10.1. The Morgan fingerprint density at radius 1 is 0.410 bits per heavy atom. The molecule has 0 unspecified atom stereocenters. The van der Waals surface area contributed by atoms with Crippen molar-refractivity contribution in [3.05, 3.63) is 133 Å². The third-order valence-electron chi connectivity index (χ3n) is 8.09. The number of nitrogens with zero attached hydrogens (tertiary/aromatic N) is 2. The van der Waals surface area contributed by atoms with Crippen molar-refractivity contribution in [1.29, 1.82) is 0 Å². The Labute approximate surface area is 228 Å². The number of para-hydroxylation sites is 2. The molecule has 0 saturated carbocycles. The van der Waals surface area contributed by atoms with Gasteiger partial charge in [0.05, 0.1) is 26.8 Å². The number of fused-ring (bicyclic) bond motifs is 9. The van der Waals surface area contributed by atoms with E-state index in [1.54, 1.807) is 0 Å². The maximum Gasteiger partial charge on any atom is 0.0727 e. The quantitative estimate of drug-likeness (QED) is 0.217. The molecule has 9 aromatic rings. The van der Waals surface area contributed by atoms with Crippen LogP contribution in [0.25, 0.3) is 75.2 Å². The molecule has 0 saturated heterocycles. The van der Waals surface area contributed by atoms with Crippen molar-refractivity contribution in [1.82, 2.24) is 9.13 Å². The van der Waals surface area contributed by atoms with Crippen LogP contribution < -0.4 is 0 Å². The Hall–Kier alpha value is -4.86. The van der Waals surface area contributed by atoms with E-state index in [2.05, 4.69) is 143 Å². The number of hydrogen-bond donors (Lipinski definition) is 0. The first-order valence-electron chi connectivity index (χ1n) is 13.3. The van der Waals surface area contributed by atoms with E-state index in [9.17, 15) is 0 Å². The zero-order valence-corrected chi connectivity index (χ0v) is 21.8. The molecular formula is C36H22N2S. The van der Waals surface area contributed by atoms with Crippen molar-refractivity contribution in [2.24, 2.45) is 0 Å². The molecule has 3 heterocycles. The lowest BCUT2D eigenvalue weighted by Gasteiger charge is -2.11. The molecule has 0 spiro atoms. The number of hydrogen-bond acceptors (Lipinski definition) is 1. The minimum absolute atomic E-state index is 1.19. The summed E-state index contributed by atoms with van der Waals surface area (Å²) < 4.78 is 7.55. The first-order chi connectivity index (χ1) is 19.3. The molecule has 0 aliphatic carbocycles. The Bertz CT molecular complexity index is 2390. The third kappa shape index (κ3) is 2.91. The van der Waals surface area contributed by atoms with Gasteiger partial charge in [-0.15, -0.1) is 11.3 Å². The SMILES string of the molecule is c1ccc2cc(-n3c4ccccc4c4cc(-n5c6ccccc6c6sc7ccccc7c65)ccc43)ccc2c1. The van der Waals surface area contributed by atoms with E-state index in [4.69, 9.17) is 0 Å². The van der Waals surface area contributed by atoms with Gasteiger partial charge in [-0.05, 0) is 59.3 Å². The summed E-state index contributed by atoms with van der Waals surface area (Å²) in [4.78, 5) is 0. The van der Waals surface area contributed by atoms with Gasteiger partial charge in [-0.25, -0.2) is 0 Å². The van der Waals surface area contributed by atoms with Gasteiger partial charge in [-0.1, -0.05) is 84.9 Å². The minimum Gasteiger partial charge on any atom is -0.309 e. The molecule has 0 N–H and O–H groups in total. The smallest absolute Gasteiger partial charge is 0.0727 e. The van der Waals surface area contributed by atoms with Crippen LogP contribution in [0.4, 0.5) is 0 Å². The third-order valence-corrected chi connectivity index (χ3v) is 9.28. The summed E-state index contributed by atoms with van der Waals surface area (Å²) in [6.07, 6.45) is 0. The van der Waals surface area contributed by atoms with Gasteiger partial charge in [0, 0.05) is 37.6 Å². The molecule has 0 atom stereocenters. The van der Waals surface area contributed by atoms with Crippen LogP contribution in [0.15, 0.2) is 133 Å². The van der Waals surface area contributed by atoms with Crippen LogP contribution in [0.1, 0.15) is 0 Å². The highest BCUT2D eigenvalue weighted by Crippen LogP contribution is 2.43. The summed E-state index contributed by atoms with van der Waals surface area (Å²) in [6.45, 7) is 0. The number of benzene rings is 6. The fraction of sp³-hybridized carbons (Fsp3) is 0. The van der Waals surface area contributed by atoms with Crippen molar-refractivity contribution in [2.45, 2.75) is 0 Å². The second kappa shape index (κ2) is 7.83. The lowest BCUT2D eigenvalue weighted by Crippen LogP contribution is -1.96. The van der Waals surface area contributed by atoms with E-state index in [0.29, 0.717) is 0 Å². The molecule has 0 bridgehead atoms. The number of aromatic nitrogens is 2. The van der Waals surface area contributed by atoms with Crippen LogP contribution in [-0.2, 0) is 0 Å². The second-order valence-corrected chi connectivity index (χ2v) is 11.3. The largest absolute Gasteiger partial charge is 0.309 e. The second-order valence-electron chi connectivity index (χ2n) is 10.2.